The molecule has 0 aromatic heterocycles. The lowest BCUT2D eigenvalue weighted by Gasteiger charge is -1.95. The molecule has 0 atom stereocenters. The molecular weight excluding hydrogens is 206 g/mol. The van der Waals surface area contributed by atoms with Gasteiger partial charge in [0.05, 0.1) is 9.85 Å². The summed E-state index contributed by atoms with van der Waals surface area (Å²) in [6.07, 6.45) is 0. The first kappa shape index (κ1) is 10.4. The average molecular weight is 209 g/mol. The predicted molar refractivity (Wildman–Crippen MR) is 48.6 cm³/mol. The van der Waals surface area contributed by atoms with Crippen molar-refractivity contribution in [2.45, 2.75) is 0 Å². The van der Waals surface area contributed by atoms with Crippen LogP contribution in [0.15, 0.2) is 23.3 Å². The van der Waals surface area contributed by atoms with Crippen LogP contribution in [0.2, 0.25) is 0 Å². The highest BCUT2D eigenvalue weighted by molar-refractivity contribution is 5.61. The third-order valence-corrected chi connectivity index (χ3v) is 1.52. The lowest BCUT2D eigenvalue weighted by Crippen LogP contribution is -1.91. The maximum absolute atomic E-state index is 10.4. The van der Waals surface area contributed by atoms with Crippen LogP contribution in [0.1, 0.15) is 0 Å². The Labute approximate surface area is 81.9 Å². The first-order valence-electron chi connectivity index (χ1n) is 3.54. The molecule has 0 aliphatic heterocycles. The highest BCUT2D eigenvalue weighted by Gasteiger charge is 2.16. The Balaban J connectivity index is 3.39. The van der Waals surface area contributed by atoms with E-state index in [9.17, 15) is 20.2 Å². The Morgan fingerprint density at radius 3 is 2.40 bits per heavy atom. The van der Waals surface area contributed by atoms with Gasteiger partial charge < -0.3 is 0 Å². The van der Waals surface area contributed by atoms with E-state index < -0.39 is 15.5 Å². The molecule has 0 aliphatic rings. The highest BCUT2D eigenvalue weighted by Crippen LogP contribution is 2.31. The minimum absolute atomic E-state index is 0.372. The molecule has 0 unspecified atom stereocenters. The van der Waals surface area contributed by atoms with Gasteiger partial charge in [0, 0.05) is 23.1 Å². The molecule has 15 heavy (non-hydrogen) atoms. The van der Waals surface area contributed by atoms with Crippen molar-refractivity contribution in [1.29, 1.82) is 0 Å². The molecular formula is C6H3N5O4. The smallest absolute Gasteiger partial charge is 0.258 e. The SMILES string of the molecule is [N-]=[N+]=Nc1cc([N+](=O)[O-])ccc1[N+](=O)[O-]. The van der Waals surface area contributed by atoms with E-state index in [4.69, 9.17) is 5.53 Å². The van der Waals surface area contributed by atoms with Crippen molar-refractivity contribution in [3.05, 3.63) is 48.9 Å². The van der Waals surface area contributed by atoms with Gasteiger partial charge in [-0.25, -0.2) is 0 Å². The van der Waals surface area contributed by atoms with Gasteiger partial charge in [-0.3, -0.25) is 20.2 Å². The summed E-state index contributed by atoms with van der Waals surface area (Å²) in [6, 6.07) is 2.73. The molecule has 0 bridgehead atoms. The van der Waals surface area contributed by atoms with Gasteiger partial charge in [-0.15, -0.1) is 0 Å². The molecule has 1 aromatic rings. The van der Waals surface area contributed by atoms with Crippen molar-refractivity contribution in [3.8, 4) is 0 Å². The second kappa shape index (κ2) is 4.03. The fraction of sp³-hybridized carbons (Fsp3) is 0. The third-order valence-electron chi connectivity index (χ3n) is 1.52. The molecule has 0 fully saturated rings. The number of azide groups is 1. The number of benzene rings is 1. The quantitative estimate of drug-likeness (QED) is 0.248. The summed E-state index contributed by atoms with van der Waals surface area (Å²) in [5.41, 5.74) is 6.90. The van der Waals surface area contributed by atoms with E-state index in [1.54, 1.807) is 0 Å². The zero-order chi connectivity index (χ0) is 11.4. The Bertz CT molecular complexity index is 478. The lowest BCUT2D eigenvalue weighted by molar-refractivity contribution is -0.388. The lowest BCUT2D eigenvalue weighted by atomic mass is 10.2. The van der Waals surface area contributed by atoms with Crippen molar-refractivity contribution >= 4 is 17.1 Å². The summed E-state index contributed by atoms with van der Waals surface area (Å²) in [5, 5.41) is 23.8. The van der Waals surface area contributed by atoms with Crippen molar-refractivity contribution in [2.24, 2.45) is 5.11 Å². The maximum Gasteiger partial charge on any atom is 0.279 e. The van der Waals surface area contributed by atoms with Gasteiger partial charge in [-0.1, -0.05) is 5.11 Å². The fourth-order valence-electron chi connectivity index (χ4n) is 0.908. The Kier molecular flexibility index (Phi) is 2.79. The Morgan fingerprint density at radius 2 is 1.93 bits per heavy atom. The molecule has 0 spiro atoms. The van der Waals surface area contributed by atoms with Gasteiger partial charge in [0.2, 0.25) is 0 Å². The highest BCUT2D eigenvalue weighted by atomic mass is 16.6. The van der Waals surface area contributed by atoms with Crippen LogP contribution in [-0.4, -0.2) is 9.85 Å². The van der Waals surface area contributed by atoms with Crippen LogP contribution in [-0.2, 0) is 0 Å². The van der Waals surface area contributed by atoms with Crippen LogP contribution in [0.4, 0.5) is 17.1 Å². The number of hydrogen-bond acceptors (Lipinski definition) is 5. The zero-order valence-corrected chi connectivity index (χ0v) is 7.10. The standard InChI is InChI=1S/C6H3N5O4/c7-9-8-5-3-4(10(12)13)1-2-6(5)11(14)15/h1-3H. The summed E-state index contributed by atoms with van der Waals surface area (Å²) in [7, 11) is 0. The van der Waals surface area contributed by atoms with Crippen LogP contribution in [0, 0.1) is 20.2 Å². The predicted octanol–water partition coefficient (Wildman–Crippen LogP) is 2.44. The number of nitrogens with zero attached hydrogens (tertiary/aromatic N) is 5. The second-order valence-electron chi connectivity index (χ2n) is 2.38. The molecule has 9 nitrogen and oxygen atoms in total. The normalized spacial score (nSPS) is 9.07. The van der Waals surface area contributed by atoms with E-state index in [0.29, 0.717) is 0 Å². The number of rotatable bonds is 3. The molecule has 0 radical (unpaired) electrons. The molecule has 0 aliphatic carbocycles. The van der Waals surface area contributed by atoms with Crippen molar-refractivity contribution < 1.29 is 9.85 Å². The number of nitro groups is 2. The van der Waals surface area contributed by atoms with Crippen molar-refractivity contribution in [1.82, 2.24) is 0 Å². The topological polar surface area (TPSA) is 135 Å². The molecule has 1 aromatic carbocycles. The second-order valence-corrected chi connectivity index (χ2v) is 2.38. The fourth-order valence-corrected chi connectivity index (χ4v) is 0.908. The Hall–Kier alpha value is -2.67. The van der Waals surface area contributed by atoms with Crippen LogP contribution in [0.5, 0.6) is 0 Å². The average Bonchev–Trinajstić information content (AvgIpc) is 2.17. The van der Waals surface area contributed by atoms with Crippen LogP contribution in [0.25, 0.3) is 10.4 Å². The van der Waals surface area contributed by atoms with E-state index in [2.05, 4.69) is 10.0 Å². The summed E-state index contributed by atoms with van der Waals surface area (Å²) in [6.45, 7) is 0. The monoisotopic (exact) mass is 209 g/mol. The number of hydrogen-bond donors (Lipinski definition) is 0. The molecule has 0 saturated carbocycles. The summed E-state index contributed by atoms with van der Waals surface area (Å²) >= 11 is 0. The van der Waals surface area contributed by atoms with Crippen molar-refractivity contribution in [3.63, 3.8) is 0 Å². The van der Waals surface area contributed by atoms with Crippen molar-refractivity contribution in [2.75, 3.05) is 0 Å². The van der Waals surface area contributed by atoms with Crippen LogP contribution >= 0.6 is 0 Å². The van der Waals surface area contributed by atoms with Crippen LogP contribution < -0.4 is 0 Å². The summed E-state index contributed by atoms with van der Waals surface area (Å²) in [5.74, 6) is 0. The first-order valence-corrected chi connectivity index (χ1v) is 3.54. The molecule has 0 heterocycles. The van der Waals surface area contributed by atoms with Gasteiger partial charge in [0.15, 0.2) is 0 Å². The minimum atomic E-state index is -0.784. The van der Waals surface area contributed by atoms with Gasteiger partial charge in [-0.05, 0) is 5.53 Å². The molecule has 0 N–H and O–H groups in total. The van der Waals surface area contributed by atoms with E-state index in [0.717, 1.165) is 18.2 Å². The van der Waals surface area contributed by atoms with E-state index in [-0.39, 0.29) is 11.4 Å². The van der Waals surface area contributed by atoms with Gasteiger partial charge in [0.1, 0.15) is 5.69 Å². The molecule has 1 rings (SSSR count). The van der Waals surface area contributed by atoms with Gasteiger partial charge in [-0.2, -0.15) is 0 Å². The van der Waals surface area contributed by atoms with E-state index in [1.807, 2.05) is 0 Å². The third kappa shape index (κ3) is 2.17. The molecule has 0 saturated heterocycles. The maximum atomic E-state index is 10.4. The largest absolute Gasteiger partial charge is 0.279 e. The van der Waals surface area contributed by atoms with E-state index >= 15 is 0 Å². The molecule has 76 valence electrons. The minimum Gasteiger partial charge on any atom is -0.258 e. The molecule has 9 heteroatoms. The Morgan fingerprint density at radius 1 is 1.27 bits per heavy atom. The number of non-ortho nitro benzene ring substituents is 1. The van der Waals surface area contributed by atoms with Gasteiger partial charge in [0.25, 0.3) is 11.4 Å². The summed E-state index contributed by atoms with van der Waals surface area (Å²) in [4.78, 5) is 21.6. The molecule has 0 amide bonds. The zero-order valence-electron chi connectivity index (χ0n) is 7.10. The van der Waals surface area contributed by atoms with Gasteiger partial charge >= 0.3 is 0 Å². The number of nitro benzene ring substituents is 2. The first-order chi connectivity index (χ1) is 7.06. The summed E-state index contributed by atoms with van der Waals surface area (Å²) < 4.78 is 0. The van der Waals surface area contributed by atoms with E-state index in [1.165, 1.54) is 0 Å². The van der Waals surface area contributed by atoms with Crippen LogP contribution in [0.3, 0.4) is 0 Å².